The normalized spacial score (nSPS) is 12.8. The molecule has 0 amide bonds. The standard InChI is InChI=1S/C77H132O6/c1-4-7-10-13-16-19-22-25-27-29-31-33-34-35-36-37-38-39-40-41-42-44-45-47-49-52-55-58-61-64-67-70-76(79)82-73-74(72-81-75(78)69-66-63-60-57-54-51-24-21-18-15-12-9-6-3)83-77(80)71-68-65-62-59-56-53-50-48-46-43-32-30-28-26-23-20-17-14-11-8-5-2/h7,10,16,19,25,27,30-33,35-36,38-39,41-42,45,47,74H,4-6,8-9,11-15,17-18,20-24,26,28-29,34,37,40,43-44,46,48-73H2,1-3H3/b10-7-,19-16-,27-25-,32-30-,33-31-,36-35-,39-38-,42-41-,47-45-. The summed E-state index contributed by atoms with van der Waals surface area (Å²) in [5.74, 6) is -0.884. The van der Waals surface area contributed by atoms with E-state index in [9.17, 15) is 14.4 Å². The lowest BCUT2D eigenvalue weighted by atomic mass is 10.0. The van der Waals surface area contributed by atoms with E-state index in [0.717, 1.165) is 122 Å². The summed E-state index contributed by atoms with van der Waals surface area (Å²) < 4.78 is 17.0. The zero-order valence-electron chi connectivity index (χ0n) is 54.7. The maximum Gasteiger partial charge on any atom is 0.306 e. The lowest BCUT2D eigenvalue weighted by molar-refractivity contribution is -0.167. The molecular weight excluding hydrogens is 1020 g/mol. The third-order valence-corrected chi connectivity index (χ3v) is 15.3. The van der Waals surface area contributed by atoms with Crippen molar-refractivity contribution in [2.75, 3.05) is 13.2 Å². The number of hydrogen-bond acceptors (Lipinski definition) is 6. The van der Waals surface area contributed by atoms with E-state index in [-0.39, 0.29) is 31.1 Å². The predicted octanol–water partition coefficient (Wildman–Crippen LogP) is 24.6. The van der Waals surface area contributed by atoms with Crippen molar-refractivity contribution in [2.45, 2.75) is 348 Å². The third kappa shape index (κ3) is 68.7. The van der Waals surface area contributed by atoms with Gasteiger partial charge in [-0.2, -0.15) is 0 Å². The number of unbranched alkanes of at least 4 members (excludes halogenated alkanes) is 35. The van der Waals surface area contributed by atoms with E-state index in [1.54, 1.807) is 0 Å². The molecule has 0 fully saturated rings. The summed E-state index contributed by atoms with van der Waals surface area (Å²) in [4.78, 5) is 38.4. The quantitative estimate of drug-likeness (QED) is 0.0261. The van der Waals surface area contributed by atoms with Gasteiger partial charge < -0.3 is 14.2 Å². The van der Waals surface area contributed by atoms with Crippen LogP contribution >= 0.6 is 0 Å². The van der Waals surface area contributed by atoms with E-state index < -0.39 is 6.10 Å². The Hall–Kier alpha value is -3.93. The topological polar surface area (TPSA) is 78.9 Å². The van der Waals surface area contributed by atoms with Crippen LogP contribution in [0.5, 0.6) is 0 Å². The summed E-state index contributed by atoms with van der Waals surface area (Å²) in [6, 6.07) is 0. The second-order valence-corrected chi connectivity index (χ2v) is 23.4. The summed E-state index contributed by atoms with van der Waals surface area (Å²) >= 11 is 0. The van der Waals surface area contributed by atoms with E-state index in [2.05, 4.69) is 130 Å². The molecule has 0 aliphatic rings. The Labute approximate surface area is 514 Å². The van der Waals surface area contributed by atoms with Crippen LogP contribution in [0.3, 0.4) is 0 Å². The highest BCUT2D eigenvalue weighted by Crippen LogP contribution is 2.17. The molecule has 476 valence electrons. The van der Waals surface area contributed by atoms with Crippen LogP contribution < -0.4 is 0 Å². The van der Waals surface area contributed by atoms with Gasteiger partial charge in [-0.3, -0.25) is 14.4 Å². The molecule has 0 radical (unpaired) electrons. The molecule has 0 rings (SSSR count). The fourth-order valence-electron chi connectivity index (χ4n) is 9.99. The van der Waals surface area contributed by atoms with Crippen LogP contribution in [0.25, 0.3) is 0 Å². The van der Waals surface area contributed by atoms with Gasteiger partial charge in [-0.05, 0) is 109 Å². The van der Waals surface area contributed by atoms with Gasteiger partial charge in [-0.25, -0.2) is 0 Å². The molecule has 0 spiro atoms. The summed E-state index contributed by atoms with van der Waals surface area (Å²) in [6.07, 6.45) is 96.8. The zero-order chi connectivity index (χ0) is 59.9. The molecule has 83 heavy (non-hydrogen) atoms. The van der Waals surface area contributed by atoms with Crippen molar-refractivity contribution in [1.29, 1.82) is 0 Å². The molecule has 0 aromatic rings. The fourth-order valence-corrected chi connectivity index (χ4v) is 9.99. The van der Waals surface area contributed by atoms with Crippen molar-refractivity contribution in [2.24, 2.45) is 0 Å². The Morgan fingerprint density at radius 2 is 0.470 bits per heavy atom. The van der Waals surface area contributed by atoms with E-state index in [4.69, 9.17) is 14.2 Å². The minimum absolute atomic E-state index is 0.0805. The van der Waals surface area contributed by atoms with Crippen molar-refractivity contribution in [3.8, 4) is 0 Å². The Kier molecular flexibility index (Phi) is 67.2. The maximum atomic E-state index is 12.9. The van der Waals surface area contributed by atoms with Gasteiger partial charge in [0.25, 0.3) is 0 Å². The zero-order valence-corrected chi connectivity index (χ0v) is 54.7. The first kappa shape index (κ1) is 79.1. The lowest BCUT2D eigenvalue weighted by Gasteiger charge is -2.18. The molecule has 0 saturated heterocycles. The van der Waals surface area contributed by atoms with Crippen LogP contribution in [0.4, 0.5) is 0 Å². The van der Waals surface area contributed by atoms with Gasteiger partial charge in [0.05, 0.1) is 0 Å². The molecule has 6 heteroatoms. The van der Waals surface area contributed by atoms with Gasteiger partial charge in [0.1, 0.15) is 13.2 Å². The number of ether oxygens (including phenoxy) is 3. The van der Waals surface area contributed by atoms with Gasteiger partial charge in [0, 0.05) is 19.3 Å². The van der Waals surface area contributed by atoms with Crippen LogP contribution in [-0.4, -0.2) is 37.2 Å². The molecule has 1 atom stereocenters. The molecule has 6 nitrogen and oxygen atoms in total. The van der Waals surface area contributed by atoms with Gasteiger partial charge in [-0.15, -0.1) is 0 Å². The third-order valence-electron chi connectivity index (χ3n) is 15.3. The molecule has 0 aliphatic carbocycles. The summed E-state index contributed by atoms with van der Waals surface area (Å²) in [6.45, 7) is 6.55. The first-order valence-corrected chi connectivity index (χ1v) is 35.4. The van der Waals surface area contributed by atoms with E-state index in [0.29, 0.717) is 19.3 Å². The molecule has 0 aromatic carbocycles. The Balaban J connectivity index is 4.32. The SMILES string of the molecule is CC/C=C\C/C=C\C/C=C\C/C=C\C/C=C\C/C=C\C/C=C\C/C=C\CCCCCCCCC(=O)OCC(COC(=O)CCCCCCCCCCCCCCC)OC(=O)CCCCCCCCCCC/C=C\CCCCCCCCCC. The Morgan fingerprint density at radius 3 is 0.747 bits per heavy atom. The second-order valence-electron chi connectivity index (χ2n) is 23.4. The Morgan fingerprint density at radius 1 is 0.253 bits per heavy atom. The van der Waals surface area contributed by atoms with Gasteiger partial charge in [0.15, 0.2) is 6.10 Å². The number of allylic oxidation sites excluding steroid dienone is 18. The van der Waals surface area contributed by atoms with Crippen molar-refractivity contribution < 1.29 is 28.6 Å². The molecule has 0 aromatic heterocycles. The van der Waals surface area contributed by atoms with E-state index in [1.807, 2.05) is 0 Å². The average molecular weight is 1150 g/mol. The summed E-state index contributed by atoms with van der Waals surface area (Å²) in [5, 5.41) is 0. The highest BCUT2D eigenvalue weighted by molar-refractivity contribution is 5.71. The number of hydrogen-bond donors (Lipinski definition) is 0. The second kappa shape index (κ2) is 70.6. The molecule has 0 aliphatic heterocycles. The fraction of sp³-hybridized carbons (Fsp3) is 0.727. The maximum absolute atomic E-state index is 12.9. The molecule has 0 bridgehead atoms. The highest BCUT2D eigenvalue weighted by Gasteiger charge is 2.19. The lowest BCUT2D eigenvalue weighted by Crippen LogP contribution is -2.30. The highest BCUT2D eigenvalue weighted by atomic mass is 16.6. The monoisotopic (exact) mass is 1150 g/mol. The number of carbonyl (C=O) groups excluding carboxylic acids is 3. The first-order valence-electron chi connectivity index (χ1n) is 35.4. The average Bonchev–Trinajstić information content (AvgIpc) is 3.49. The van der Waals surface area contributed by atoms with Gasteiger partial charge in [-0.1, -0.05) is 323 Å². The number of esters is 3. The van der Waals surface area contributed by atoms with Crippen LogP contribution in [-0.2, 0) is 28.6 Å². The number of carbonyl (C=O) groups is 3. The Bertz CT molecular complexity index is 1660. The molecular formula is C77H132O6. The van der Waals surface area contributed by atoms with Crippen LogP contribution in [0.1, 0.15) is 342 Å². The van der Waals surface area contributed by atoms with Gasteiger partial charge >= 0.3 is 17.9 Å². The predicted molar refractivity (Wildman–Crippen MR) is 362 cm³/mol. The minimum atomic E-state index is -0.786. The van der Waals surface area contributed by atoms with Crippen molar-refractivity contribution in [3.05, 3.63) is 109 Å². The van der Waals surface area contributed by atoms with Crippen molar-refractivity contribution >= 4 is 17.9 Å². The molecule has 0 N–H and O–H groups in total. The molecule has 1 unspecified atom stereocenters. The smallest absolute Gasteiger partial charge is 0.306 e. The molecule has 0 saturated carbocycles. The minimum Gasteiger partial charge on any atom is -0.462 e. The van der Waals surface area contributed by atoms with E-state index in [1.165, 1.54) is 180 Å². The molecule has 0 heterocycles. The van der Waals surface area contributed by atoms with Crippen molar-refractivity contribution in [3.63, 3.8) is 0 Å². The van der Waals surface area contributed by atoms with Gasteiger partial charge in [0.2, 0.25) is 0 Å². The van der Waals surface area contributed by atoms with Crippen LogP contribution in [0.15, 0.2) is 109 Å². The van der Waals surface area contributed by atoms with Crippen molar-refractivity contribution in [1.82, 2.24) is 0 Å². The summed E-state index contributed by atoms with van der Waals surface area (Å²) in [5.41, 5.74) is 0. The first-order chi connectivity index (χ1) is 41.0. The number of rotatable bonds is 64. The summed E-state index contributed by atoms with van der Waals surface area (Å²) in [7, 11) is 0. The van der Waals surface area contributed by atoms with Crippen LogP contribution in [0, 0.1) is 0 Å². The van der Waals surface area contributed by atoms with E-state index >= 15 is 0 Å². The van der Waals surface area contributed by atoms with Crippen LogP contribution in [0.2, 0.25) is 0 Å². The largest absolute Gasteiger partial charge is 0.462 e.